The molecule has 1 aliphatic heterocycles. The van der Waals surface area contributed by atoms with Gasteiger partial charge >= 0.3 is 0 Å². The number of hydrogen-bond acceptors (Lipinski definition) is 2. The molecule has 32 valence electrons. The van der Waals surface area contributed by atoms with E-state index in [9.17, 15) is 0 Å². The lowest BCUT2D eigenvalue weighted by Crippen LogP contribution is -1.78. The molecule has 0 N–H and O–H groups in total. The monoisotopic (exact) mass is 83.0 g/mol. The summed E-state index contributed by atoms with van der Waals surface area (Å²) in [7, 11) is 0. The van der Waals surface area contributed by atoms with Crippen molar-refractivity contribution in [1.29, 1.82) is 5.26 Å². The van der Waals surface area contributed by atoms with Crippen LogP contribution in [0, 0.1) is 11.3 Å². The van der Waals surface area contributed by atoms with Crippen molar-refractivity contribution >= 4 is 0 Å². The average Bonchev–Trinajstić information content (AvgIpc) is 2.19. The zero-order valence-corrected chi connectivity index (χ0v) is 3.51. The molecule has 0 amide bonds. The van der Waals surface area contributed by atoms with Crippen molar-refractivity contribution in [1.82, 2.24) is 0 Å². The van der Waals surface area contributed by atoms with Crippen molar-refractivity contribution < 1.29 is 4.74 Å². The van der Waals surface area contributed by atoms with E-state index in [-0.39, 0.29) is 12.2 Å². The van der Waals surface area contributed by atoms with Crippen molar-refractivity contribution in [2.75, 3.05) is 0 Å². The van der Waals surface area contributed by atoms with Gasteiger partial charge in [0, 0.05) is 0 Å². The second-order valence-electron chi connectivity index (χ2n) is 1.39. The van der Waals surface area contributed by atoms with Crippen LogP contribution >= 0.6 is 0 Å². The van der Waals surface area contributed by atoms with Crippen molar-refractivity contribution in [2.24, 2.45) is 0 Å². The molecule has 1 rings (SSSR count). The van der Waals surface area contributed by atoms with Crippen molar-refractivity contribution in [3.05, 3.63) is 0 Å². The Morgan fingerprint density at radius 1 is 1.83 bits per heavy atom. The summed E-state index contributed by atoms with van der Waals surface area (Å²) in [6.07, 6.45) is 0.111. The molecule has 1 fully saturated rings. The van der Waals surface area contributed by atoms with Crippen molar-refractivity contribution in [3.63, 3.8) is 0 Å². The van der Waals surface area contributed by atoms with Gasteiger partial charge in [0.2, 0.25) is 0 Å². The maximum absolute atomic E-state index is 8.00. The predicted octanol–water partition coefficient (Wildman–Crippen LogP) is 0.297. The van der Waals surface area contributed by atoms with Crippen LogP contribution in [0.3, 0.4) is 0 Å². The van der Waals surface area contributed by atoms with E-state index in [0.717, 1.165) is 0 Å². The summed E-state index contributed by atoms with van der Waals surface area (Å²) in [6, 6.07) is 1.97. The molecule has 1 aliphatic rings. The average molecular weight is 83.1 g/mol. The van der Waals surface area contributed by atoms with E-state index in [2.05, 4.69) is 0 Å². The molecule has 0 bridgehead atoms. The second-order valence-corrected chi connectivity index (χ2v) is 1.39. The lowest BCUT2D eigenvalue weighted by Gasteiger charge is -1.55. The highest BCUT2D eigenvalue weighted by Gasteiger charge is 2.33. The van der Waals surface area contributed by atoms with Gasteiger partial charge in [0.05, 0.1) is 12.2 Å². The van der Waals surface area contributed by atoms with Crippen LogP contribution in [0.2, 0.25) is 0 Å². The van der Waals surface area contributed by atoms with Crippen LogP contribution in [-0.2, 0) is 4.74 Å². The predicted molar refractivity (Wildman–Crippen MR) is 19.9 cm³/mol. The molecule has 1 heterocycles. The molecular weight excluding hydrogens is 78.0 g/mol. The van der Waals surface area contributed by atoms with E-state index in [1.807, 2.05) is 13.0 Å². The highest BCUT2D eigenvalue weighted by molar-refractivity contribution is 4.99. The van der Waals surface area contributed by atoms with Gasteiger partial charge in [0.25, 0.3) is 0 Å². The van der Waals surface area contributed by atoms with E-state index < -0.39 is 0 Å². The molecule has 1 saturated heterocycles. The minimum absolute atomic E-state index is 0.0926. The van der Waals surface area contributed by atoms with Gasteiger partial charge in [-0.1, -0.05) is 0 Å². The smallest absolute Gasteiger partial charge is 0.170 e. The summed E-state index contributed by atoms with van der Waals surface area (Å²) in [6.45, 7) is 1.88. The fourth-order valence-electron chi connectivity index (χ4n) is 0.321. The number of hydrogen-bond donors (Lipinski definition) is 0. The number of nitriles is 1. The van der Waals surface area contributed by atoms with Gasteiger partial charge in [-0.25, -0.2) is 0 Å². The fourth-order valence-corrected chi connectivity index (χ4v) is 0.321. The summed E-state index contributed by atoms with van der Waals surface area (Å²) < 4.78 is 4.70. The normalized spacial score (nSPS) is 41.3. The molecule has 0 saturated carbocycles. The zero-order chi connectivity index (χ0) is 4.57. The van der Waals surface area contributed by atoms with Crippen molar-refractivity contribution in [3.8, 4) is 6.07 Å². The summed E-state index contributed by atoms with van der Waals surface area (Å²) in [5.74, 6) is 0. The standard InChI is InChI=1S/C4H5NO/c1-3-4(2-5)6-3/h3-4H,1H3/t3-,4+/m0/s1. The minimum atomic E-state index is -0.0926. The second kappa shape index (κ2) is 0.954. The lowest BCUT2D eigenvalue weighted by molar-refractivity contribution is 0.402. The van der Waals surface area contributed by atoms with Crippen LogP contribution in [-0.4, -0.2) is 12.2 Å². The van der Waals surface area contributed by atoms with Crippen LogP contribution in [0.25, 0.3) is 0 Å². The number of epoxide rings is 1. The van der Waals surface area contributed by atoms with Gasteiger partial charge in [-0.2, -0.15) is 5.26 Å². The van der Waals surface area contributed by atoms with E-state index in [4.69, 9.17) is 10.00 Å². The molecular formula is C4H5NO. The highest BCUT2D eigenvalue weighted by Crippen LogP contribution is 2.18. The van der Waals surface area contributed by atoms with Gasteiger partial charge in [-0.15, -0.1) is 0 Å². The van der Waals surface area contributed by atoms with Crippen LogP contribution < -0.4 is 0 Å². The number of rotatable bonds is 0. The van der Waals surface area contributed by atoms with Gasteiger partial charge in [-0.05, 0) is 6.92 Å². The Morgan fingerprint density at radius 3 is 2.33 bits per heavy atom. The first-order chi connectivity index (χ1) is 2.84. The van der Waals surface area contributed by atoms with E-state index in [1.165, 1.54) is 0 Å². The van der Waals surface area contributed by atoms with Crippen LogP contribution in [0.4, 0.5) is 0 Å². The van der Waals surface area contributed by atoms with E-state index in [0.29, 0.717) is 0 Å². The quantitative estimate of drug-likeness (QED) is 0.395. The van der Waals surface area contributed by atoms with E-state index >= 15 is 0 Å². The molecule has 0 spiro atoms. The molecule has 0 radical (unpaired) electrons. The SMILES string of the molecule is C[C@@H]1O[C@@H]1C#N. The minimum Gasteiger partial charge on any atom is -0.354 e. The van der Waals surface area contributed by atoms with Gasteiger partial charge in [0.15, 0.2) is 6.10 Å². The Balaban J connectivity index is 2.31. The summed E-state index contributed by atoms with van der Waals surface area (Å²) in [5, 5.41) is 8.00. The topological polar surface area (TPSA) is 36.3 Å². The summed E-state index contributed by atoms with van der Waals surface area (Å²) in [4.78, 5) is 0. The molecule has 0 aromatic carbocycles. The molecule has 2 nitrogen and oxygen atoms in total. The highest BCUT2D eigenvalue weighted by atomic mass is 16.6. The van der Waals surface area contributed by atoms with Crippen LogP contribution in [0.1, 0.15) is 6.92 Å². The first-order valence-corrected chi connectivity index (χ1v) is 1.89. The third kappa shape index (κ3) is 0.373. The van der Waals surface area contributed by atoms with Gasteiger partial charge < -0.3 is 4.74 Å². The maximum Gasteiger partial charge on any atom is 0.170 e. The fraction of sp³-hybridized carbons (Fsp3) is 0.750. The Labute approximate surface area is 36.3 Å². The van der Waals surface area contributed by atoms with Gasteiger partial charge in [0.1, 0.15) is 0 Å². The van der Waals surface area contributed by atoms with E-state index in [1.54, 1.807) is 0 Å². The molecule has 6 heavy (non-hydrogen) atoms. The largest absolute Gasteiger partial charge is 0.354 e. The Bertz CT molecular complexity index is 94.2. The van der Waals surface area contributed by atoms with Crippen molar-refractivity contribution in [2.45, 2.75) is 19.1 Å². The lowest BCUT2D eigenvalue weighted by atomic mass is 10.4. The van der Waals surface area contributed by atoms with Crippen LogP contribution in [0.5, 0.6) is 0 Å². The number of nitrogens with zero attached hydrogens (tertiary/aromatic N) is 1. The molecule has 0 aliphatic carbocycles. The summed E-state index contributed by atoms with van der Waals surface area (Å²) >= 11 is 0. The third-order valence-electron chi connectivity index (χ3n) is 0.838. The maximum atomic E-state index is 8.00. The molecule has 0 aromatic heterocycles. The Morgan fingerprint density at radius 2 is 2.33 bits per heavy atom. The first kappa shape index (κ1) is 3.63. The Hall–Kier alpha value is -0.550. The molecule has 2 heteroatoms. The molecule has 0 aromatic rings. The summed E-state index contributed by atoms with van der Waals surface area (Å²) in [5.41, 5.74) is 0. The zero-order valence-electron chi connectivity index (χ0n) is 3.51. The van der Waals surface area contributed by atoms with Crippen LogP contribution in [0.15, 0.2) is 0 Å². The first-order valence-electron chi connectivity index (χ1n) is 1.89. The molecule has 0 unspecified atom stereocenters. The third-order valence-corrected chi connectivity index (χ3v) is 0.838. The van der Waals surface area contributed by atoms with Gasteiger partial charge in [-0.3, -0.25) is 0 Å². The number of ether oxygens (including phenoxy) is 1. The molecule has 2 atom stereocenters. The Kier molecular flexibility index (Phi) is 0.578.